The van der Waals surface area contributed by atoms with Gasteiger partial charge in [0, 0.05) is 7.11 Å². The van der Waals surface area contributed by atoms with Crippen molar-refractivity contribution in [2.75, 3.05) is 113 Å². The van der Waals surface area contributed by atoms with Gasteiger partial charge in [-0.2, -0.15) is 0 Å². The highest BCUT2D eigenvalue weighted by molar-refractivity contribution is 5.87. The molecule has 208 valence electrons. The lowest BCUT2D eigenvalue weighted by Crippen LogP contribution is -2.15. The number of rotatable bonds is 27. The van der Waals surface area contributed by atoms with Crippen molar-refractivity contribution in [1.29, 1.82) is 0 Å². The van der Waals surface area contributed by atoms with Gasteiger partial charge in [-0.25, -0.2) is 4.79 Å². The van der Waals surface area contributed by atoms with E-state index in [-0.39, 0.29) is 5.56 Å². The Kier molecular flexibility index (Phi) is 22.5. The van der Waals surface area contributed by atoms with E-state index in [9.17, 15) is 4.79 Å². The van der Waals surface area contributed by atoms with Gasteiger partial charge in [-0.3, -0.25) is 0 Å². The van der Waals surface area contributed by atoms with Crippen molar-refractivity contribution in [3.63, 3.8) is 0 Å². The highest BCUT2D eigenvalue weighted by Crippen LogP contribution is 2.06. The van der Waals surface area contributed by atoms with Crippen LogP contribution in [0, 0.1) is 0 Å². The second kappa shape index (κ2) is 25.0. The van der Waals surface area contributed by atoms with E-state index in [0.717, 1.165) is 5.56 Å². The first-order chi connectivity index (χ1) is 17.7. The van der Waals surface area contributed by atoms with Crippen LogP contribution in [0.25, 0.3) is 0 Å². The summed E-state index contributed by atoms with van der Waals surface area (Å²) in [5.74, 6) is -0.949. The molecule has 0 aromatic heterocycles. The summed E-state index contributed by atoms with van der Waals surface area (Å²) in [6, 6.07) is 6.68. The van der Waals surface area contributed by atoms with Crippen LogP contribution in [0.15, 0.2) is 24.3 Å². The SMILES string of the molecule is COCCOCCOCCOCCOCCOCCOCCOCCOCc1cccc(C(=O)O)c1. The van der Waals surface area contributed by atoms with Crippen molar-refractivity contribution in [2.45, 2.75) is 6.61 Å². The summed E-state index contributed by atoms with van der Waals surface area (Å²) < 4.78 is 48.2. The van der Waals surface area contributed by atoms with E-state index in [1.807, 2.05) is 6.07 Å². The van der Waals surface area contributed by atoms with Crippen molar-refractivity contribution in [1.82, 2.24) is 0 Å². The molecule has 11 nitrogen and oxygen atoms in total. The number of carboxylic acids is 1. The third-order valence-corrected chi connectivity index (χ3v) is 4.48. The van der Waals surface area contributed by atoms with Gasteiger partial charge in [-0.05, 0) is 17.7 Å². The zero-order valence-corrected chi connectivity index (χ0v) is 21.4. The molecule has 0 spiro atoms. The monoisotopic (exact) mass is 518 g/mol. The summed E-state index contributed by atoms with van der Waals surface area (Å²) in [5, 5.41) is 8.98. The average molecular weight is 519 g/mol. The summed E-state index contributed by atoms with van der Waals surface area (Å²) >= 11 is 0. The highest BCUT2D eigenvalue weighted by atomic mass is 16.6. The Bertz CT molecular complexity index is 630. The summed E-state index contributed by atoms with van der Waals surface area (Å²) in [7, 11) is 1.64. The predicted octanol–water partition coefficient (Wildman–Crippen LogP) is 1.66. The Hall–Kier alpha value is -1.67. The fourth-order valence-electron chi connectivity index (χ4n) is 2.67. The smallest absolute Gasteiger partial charge is 0.335 e. The minimum Gasteiger partial charge on any atom is -0.478 e. The summed E-state index contributed by atoms with van der Waals surface area (Å²) in [6.07, 6.45) is 0. The normalized spacial score (nSPS) is 11.2. The molecule has 0 atom stereocenters. The number of hydrogen-bond acceptors (Lipinski definition) is 10. The lowest BCUT2D eigenvalue weighted by Gasteiger charge is -2.09. The van der Waals surface area contributed by atoms with Crippen LogP contribution in [0.2, 0.25) is 0 Å². The molecule has 0 aliphatic rings. The molecule has 0 aliphatic heterocycles. The molecule has 0 aliphatic carbocycles. The maximum Gasteiger partial charge on any atom is 0.335 e. The molecule has 1 aromatic rings. The Morgan fingerprint density at radius 2 is 0.944 bits per heavy atom. The van der Waals surface area contributed by atoms with Gasteiger partial charge >= 0.3 is 5.97 Å². The Morgan fingerprint density at radius 3 is 1.31 bits per heavy atom. The van der Waals surface area contributed by atoms with Crippen molar-refractivity contribution < 1.29 is 52.5 Å². The zero-order valence-electron chi connectivity index (χ0n) is 21.4. The van der Waals surface area contributed by atoms with Gasteiger partial charge < -0.3 is 47.7 Å². The lowest BCUT2D eigenvalue weighted by atomic mass is 10.1. The van der Waals surface area contributed by atoms with Crippen molar-refractivity contribution in [3.8, 4) is 0 Å². The van der Waals surface area contributed by atoms with E-state index in [2.05, 4.69) is 0 Å². The molecule has 0 fully saturated rings. The van der Waals surface area contributed by atoms with Crippen LogP contribution in [0.4, 0.5) is 0 Å². The van der Waals surface area contributed by atoms with Crippen molar-refractivity contribution in [3.05, 3.63) is 35.4 Å². The quantitative estimate of drug-likeness (QED) is 0.171. The highest BCUT2D eigenvalue weighted by Gasteiger charge is 2.03. The second-order valence-corrected chi connectivity index (χ2v) is 7.34. The summed E-state index contributed by atoms with van der Waals surface area (Å²) in [4.78, 5) is 10.9. The van der Waals surface area contributed by atoms with E-state index in [4.69, 9.17) is 47.7 Å². The fraction of sp³-hybridized carbons (Fsp3) is 0.720. The molecule has 36 heavy (non-hydrogen) atoms. The number of hydrogen-bond donors (Lipinski definition) is 1. The molecule has 0 bridgehead atoms. The first-order valence-electron chi connectivity index (χ1n) is 12.2. The molecule has 1 rings (SSSR count). The van der Waals surface area contributed by atoms with Gasteiger partial charge in [0.15, 0.2) is 0 Å². The number of carbonyl (C=O) groups is 1. The van der Waals surface area contributed by atoms with E-state index < -0.39 is 5.97 Å². The predicted molar refractivity (Wildman–Crippen MR) is 131 cm³/mol. The molecule has 0 saturated carbocycles. The Labute approximate surface area is 213 Å². The minimum absolute atomic E-state index is 0.250. The van der Waals surface area contributed by atoms with Gasteiger partial charge in [-0.1, -0.05) is 12.1 Å². The third-order valence-electron chi connectivity index (χ3n) is 4.48. The first-order valence-corrected chi connectivity index (χ1v) is 12.2. The fourth-order valence-corrected chi connectivity index (χ4v) is 2.67. The molecule has 0 radical (unpaired) electrons. The maximum atomic E-state index is 10.9. The Morgan fingerprint density at radius 1 is 0.583 bits per heavy atom. The van der Waals surface area contributed by atoms with Gasteiger partial charge in [-0.15, -0.1) is 0 Å². The first kappa shape index (κ1) is 32.4. The number of benzene rings is 1. The number of ether oxygens (including phenoxy) is 9. The van der Waals surface area contributed by atoms with Crippen LogP contribution in [-0.4, -0.2) is 124 Å². The van der Waals surface area contributed by atoms with E-state index >= 15 is 0 Å². The van der Waals surface area contributed by atoms with Gasteiger partial charge in [0.2, 0.25) is 0 Å². The topological polar surface area (TPSA) is 120 Å². The molecular formula is C25H42O11. The number of aromatic carboxylic acids is 1. The zero-order chi connectivity index (χ0) is 25.9. The molecule has 0 heterocycles. The second-order valence-electron chi connectivity index (χ2n) is 7.34. The number of carboxylic acid groups (broad SMARTS) is 1. The molecule has 1 N–H and O–H groups in total. The largest absolute Gasteiger partial charge is 0.478 e. The maximum absolute atomic E-state index is 10.9. The van der Waals surface area contributed by atoms with Gasteiger partial charge in [0.25, 0.3) is 0 Å². The van der Waals surface area contributed by atoms with E-state index in [0.29, 0.717) is 112 Å². The van der Waals surface area contributed by atoms with Crippen LogP contribution in [-0.2, 0) is 49.2 Å². The van der Waals surface area contributed by atoms with E-state index in [1.165, 1.54) is 0 Å². The molecule has 11 heteroatoms. The number of methoxy groups -OCH3 is 1. The Balaban J connectivity index is 1.71. The van der Waals surface area contributed by atoms with Crippen molar-refractivity contribution >= 4 is 5.97 Å². The minimum atomic E-state index is -0.949. The van der Waals surface area contributed by atoms with Crippen molar-refractivity contribution in [2.24, 2.45) is 0 Å². The van der Waals surface area contributed by atoms with Crippen LogP contribution >= 0.6 is 0 Å². The van der Waals surface area contributed by atoms with Crippen LogP contribution in [0.1, 0.15) is 15.9 Å². The third kappa shape index (κ3) is 20.5. The summed E-state index contributed by atoms with van der Waals surface area (Å²) in [5.41, 5.74) is 1.06. The molecule has 0 unspecified atom stereocenters. The standard InChI is InChI=1S/C25H42O11/c1-28-5-6-29-7-8-30-9-10-31-11-12-32-13-14-33-15-16-34-17-18-35-19-20-36-22-23-3-2-4-24(21-23)25(26)27/h2-4,21H,5-20,22H2,1H3,(H,26,27). The van der Waals surface area contributed by atoms with Gasteiger partial charge in [0.1, 0.15) is 0 Å². The van der Waals surface area contributed by atoms with Crippen LogP contribution in [0.3, 0.4) is 0 Å². The van der Waals surface area contributed by atoms with Crippen LogP contribution < -0.4 is 0 Å². The molecule has 1 aromatic carbocycles. The molecular weight excluding hydrogens is 476 g/mol. The van der Waals surface area contributed by atoms with Gasteiger partial charge in [0.05, 0.1) is 118 Å². The average Bonchev–Trinajstić information content (AvgIpc) is 2.89. The molecule has 0 saturated heterocycles. The van der Waals surface area contributed by atoms with Crippen LogP contribution in [0.5, 0.6) is 0 Å². The molecule has 0 amide bonds. The lowest BCUT2D eigenvalue weighted by molar-refractivity contribution is -0.0246. The van der Waals surface area contributed by atoms with E-state index in [1.54, 1.807) is 25.3 Å². The summed E-state index contributed by atoms with van der Waals surface area (Å²) in [6.45, 7) is 8.46.